The molecule has 0 amide bonds. The number of aromatic amines is 1. The van der Waals surface area contributed by atoms with Gasteiger partial charge in [-0.1, -0.05) is 12.1 Å². The van der Waals surface area contributed by atoms with Crippen molar-refractivity contribution < 1.29 is 4.74 Å². The van der Waals surface area contributed by atoms with Crippen LogP contribution in [0.2, 0.25) is 0 Å². The lowest BCUT2D eigenvalue weighted by molar-refractivity contribution is 0.408. The van der Waals surface area contributed by atoms with Crippen LogP contribution in [0.1, 0.15) is 5.56 Å². The first kappa shape index (κ1) is 12.1. The van der Waals surface area contributed by atoms with Gasteiger partial charge in [-0.25, -0.2) is 4.98 Å². The number of nitrogens with two attached hydrogens (primary N) is 1. The van der Waals surface area contributed by atoms with E-state index in [9.17, 15) is 4.79 Å². The highest BCUT2D eigenvalue weighted by Crippen LogP contribution is 2.20. The third kappa shape index (κ3) is 2.49. The highest BCUT2D eigenvalue weighted by Gasteiger charge is 2.08. The minimum atomic E-state index is -0.325. The lowest BCUT2D eigenvalue weighted by atomic mass is 10.2. The molecule has 6 nitrogen and oxygen atoms in total. The van der Waals surface area contributed by atoms with Gasteiger partial charge in [0.05, 0.1) is 13.4 Å². The Morgan fingerprint density at radius 1 is 1.39 bits per heavy atom. The second-order valence-corrected chi connectivity index (χ2v) is 3.64. The maximum Gasteiger partial charge on any atom is 0.295 e. The molecule has 0 unspecified atom stereocenters. The van der Waals surface area contributed by atoms with Crippen molar-refractivity contribution in [1.82, 2.24) is 9.97 Å². The zero-order chi connectivity index (χ0) is 13.0. The molecule has 2 aromatic rings. The van der Waals surface area contributed by atoms with Crippen LogP contribution < -0.4 is 21.3 Å². The first-order chi connectivity index (χ1) is 8.74. The number of hydrogen-bond acceptors (Lipinski definition) is 5. The van der Waals surface area contributed by atoms with Gasteiger partial charge in [-0.2, -0.15) is 0 Å². The molecule has 18 heavy (non-hydrogen) atoms. The normalized spacial score (nSPS) is 10.1. The third-order valence-corrected chi connectivity index (χ3v) is 2.47. The summed E-state index contributed by atoms with van der Waals surface area (Å²) >= 11 is 0. The number of H-pyrrole nitrogens is 1. The van der Waals surface area contributed by atoms with Gasteiger partial charge >= 0.3 is 0 Å². The standard InChI is InChI=1S/C12H14N4O2/c1-18-10-11(14-7-15-12(10)17)16-9-4-2-8(6-13)3-5-9/h2-5,7H,6,13H2,1H3,(H2,14,15,16,17). The van der Waals surface area contributed by atoms with Crippen molar-refractivity contribution in [2.75, 3.05) is 12.4 Å². The number of rotatable bonds is 4. The third-order valence-electron chi connectivity index (χ3n) is 2.47. The van der Waals surface area contributed by atoms with E-state index in [0.717, 1.165) is 11.3 Å². The lowest BCUT2D eigenvalue weighted by Gasteiger charge is -2.09. The number of methoxy groups -OCH3 is 1. The van der Waals surface area contributed by atoms with Crippen LogP contribution >= 0.6 is 0 Å². The van der Waals surface area contributed by atoms with E-state index in [1.807, 2.05) is 24.3 Å². The van der Waals surface area contributed by atoms with Crippen LogP contribution in [0.3, 0.4) is 0 Å². The zero-order valence-corrected chi connectivity index (χ0v) is 9.93. The predicted molar refractivity (Wildman–Crippen MR) is 69.0 cm³/mol. The summed E-state index contributed by atoms with van der Waals surface area (Å²) in [5.41, 5.74) is 7.04. The van der Waals surface area contributed by atoms with Gasteiger partial charge in [-0.3, -0.25) is 4.79 Å². The molecule has 0 atom stereocenters. The quantitative estimate of drug-likeness (QED) is 0.747. The van der Waals surface area contributed by atoms with Gasteiger partial charge in [0.2, 0.25) is 5.75 Å². The number of anilines is 2. The van der Waals surface area contributed by atoms with E-state index in [0.29, 0.717) is 12.4 Å². The second kappa shape index (κ2) is 5.33. The fraction of sp³-hybridized carbons (Fsp3) is 0.167. The minimum Gasteiger partial charge on any atom is -0.489 e. The smallest absolute Gasteiger partial charge is 0.295 e. The first-order valence-electron chi connectivity index (χ1n) is 5.42. The molecule has 0 aliphatic heterocycles. The summed E-state index contributed by atoms with van der Waals surface area (Å²) in [5.74, 6) is 0.530. The molecular formula is C12H14N4O2. The second-order valence-electron chi connectivity index (χ2n) is 3.64. The summed E-state index contributed by atoms with van der Waals surface area (Å²) in [7, 11) is 1.43. The van der Waals surface area contributed by atoms with Crippen LogP contribution in [-0.2, 0) is 6.54 Å². The van der Waals surface area contributed by atoms with Gasteiger partial charge in [0, 0.05) is 12.2 Å². The Labute approximate surface area is 104 Å². The maximum absolute atomic E-state index is 11.5. The Morgan fingerprint density at radius 2 is 2.11 bits per heavy atom. The molecule has 94 valence electrons. The van der Waals surface area contributed by atoms with Crippen LogP contribution in [0.25, 0.3) is 0 Å². The van der Waals surface area contributed by atoms with Crippen molar-refractivity contribution in [2.45, 2.75) is 6.54 Å². The van der Waals surface area contributed by atoms with Crippen molar-refractivity contribution in [1.29, 1.82) is 0 Å². The Morgan fingerprint density at radius 3 is 2.72 bits per heavy atom. The van der Waals surface area contributed by atoms with E-state index in [1.54, 1.807) is 0 Å². The SMILES string of the molecule is COc1c(Nc2ccc(CN)cc2)nc[nH]c1=O. The molecule has 1 aromatic heterocycles. The number of hydrogen-bond donors (Lipinski definition) is 3. The van der Waals surface area contributed by atoms with Gasteiger partial charge < -0.3 is 20.8 Å². The molecule has 1 heterocycles. The van der Waals surface area contributed by atoms with Gasteiger partial charge in [-0.05, 0) is 17.7 Å². The van der Waals surface area contributed by atoms with Crippen LogP contribution in [0, 0.1) is 0 Å². The van der Waals surface area contributed by atoms with E-state index in [-0.39, 0.29) is 11.3 Å². The van der Waals surface area contributed by atoms with E-state index in [1.165, 1.54) is 13.4 Å². The van der Waals surface area contributed by atoms with E-state index < -0.39 is 0 Å². The summed E-state index contributed by atoms with van der Waals surface area (Å²) in [4.78, 5) is 18.0. The lowest BCUT2D eigenvalue weighted by Crippen LogP contribution is -2.12. The average molecular weight is 246 g/mol. The Hall–Kier alpha value is -2.34. The molecular weight excluding hydrogens is 232 g/mol. The van der Waals surface area contributed by atoms with Crippen molar-refractivity contribution in [3.05, 3.63) is 46.5 Å². The van der Waals surface area contributed by atoms with Crippen molar-refractivity contribution >= 4 is 11.5 Å². The zero-order valence-electron chi connectivity index (χ0n) is 9.93. The summed E-state index contributed by atoms with van der Waals surface area (Å²) in [5, 5.41) is 3.02. The fourth-order valence-corrected chi connectivity index (χ4v) is 1.53. The molecule has 0 radical (unpaired) electrons. The molecule has 6 heteroatoms. The molecule has 1 aromatic carbocycles. The van der Waals surface area contributed by atoms with Crippen molar-refractivity contribution in [3.63, 3.8) is 0 Å². The van der Waals surface area contributed by atoms with Gasteiger partial charge in [0.15, 0.2) is 5.82 Å². The number of nitrogens with zero attached hydrogens (tertiary/aromatic N) is 1. The molecule has 0 bridgehead atoms. The number of benzene rings is 1. The fourth-order valence-electron chi connectivity index (χ4n) is 1.53. The van der Waals surface area contributed by atoms with Gasteiger partial charge in [-0.15, -0.1) is 0 Å². The van der Waals surface area contributed by atoms with E-state index >= 15 is 0 Å². The maximum atomic E-state index is 11.5. The molecule has 0 saturated carbocycles. The van der Waals surface area contributed by atoms with Crippen LogP contribution in [0.15, 0.2) is 35.4 Å². The Balaban J connectivity index is 2.28. The number of nitrogens with one attached hydrogen (secondary N) is 2. The highest BCUT2D eigenvalue weighted by atomic mass is 16.5. The largest absolute Gasteiger partial charge is 0.489 e. The molecule has 0 spiro atoms. The molecule has 0 aliphatic carbocycles. The molecule has 4 N–H and O–H groups in total. The topological polar surface area (TPSA) is 93.0 Å². The number of ether oxygens (including phenoxy) is 1. The van der Waals surface area contributed by atoms with Crippen molar-refractivity contribution in [2.24, 2.45) is 5.73 Å². The van der Waals surface area contributed by atoms with Crippen LogP contribution in [0.4, 0.5) is 11.5 Å². The summed E-state index contributed by atoms with van der Waals surface area (Å²) < 4.78 is 5.00. The van der Waals surface area contributed by atoms with Crippen LogP contribution in [0.5, 0.6) is 5.75 Å². The van der Waals surface area contributed by atoms with Crippen LogP contribution in [-0.4, -0.2) is 17.1 Å². The first-order valence-corrected chi connectivity index (χ1v) is 5.42. The molecule has 2 rings (SSSR count). The monoisotopic (exact) mass is 246 g/mol. The molecule has 0 aliphatic rings. The average Bonchev–Trinajstić information content (AvgIpc) is 2.40. The predicted octanol–water partition coefficient (Wildman–Crippen LogP) is 0.981. The number of aromatic nitrogens is 2. The minimum absolute atomic E-state index is 0.153. The summed E-state index contributed by atoms with van der Waals surface area (Å²) in [6.45, 7) is 0.493. The van der Waals surface area contributed by atoms with E-state index in [4.69, 9.17) is 10.5 Å². The highest BCUT2D eigenvalue weighted by molar-refractivity contribution is 5.61. The molecule has 0 fully saturated rings. The van der Waals surface area contributed by atoms with Gasteiger partial charge in [0.1, 0.15) is 0 Å². The summed E-state index contributed by atoms with van der Waals surface area (Å²) in [6, 6.07) is 7.54. The Bertz CT molecular complexity index is 577. The van der Waals surface area contributed by atoms with E-state index in [2.05, 4.69) is 15.3 Å². The Kier molecular flexibility index (Phi) is 3.59. The summed E-state index contributed by atoms with van der Waals surface area (Å²) in [6.07, 6.45) is 1.32. The van der Waals surface area contributed by atoms with Crippen molar-refractivity contribution in [3.8, 4) is 5.75 Å². The van der Waals surface area contributed by atoms with Gasteiger partial charge in [0.25, 0.3) is 5.56 Å². The molecule has 0 saturated heterocycles.